The first-order valence-corrected chi connectivity index (χ1v) is 7.61. The lowest BCUT2D eigenvalue weighted by molar-refractivity contribution is -0.121. The molecular weight excluding hydrogens is 276 g/mol. The number of furan rings is 1. The van der Waals surface area contributed by atoms with E-state index >= 15 is 0 Å². The fraction of sp³-hybridized carbons (Fsp3) is 0.333. The van der Waals surface area contributed by atoms with Gasteiger partial charge >= 0.3 is 0 Å². The number of aryl methyl sites for hydroxylation is 2. The number of hydrogen-bond donors (Lipinski definition) is 1. The zero-order valence-electron chi connectivity index (χ0n) is 12.3. The minimum absolute atomic E-state index is 0.0587. The quantitative estimate of drug-likeness (QED) is 0.941. The molecule has 0 bridgehead atoms. The average Bonchev–Trinajstić information content (AvgIpc) is 3.03. The number of nitrogens with zero attached hydrogens (tertiary/aromatic N) is 1. The van der Waals surface area contributed by atoms with E-state index in [4.69, 9.17) is 9.68 Å². The van der Waals surface area contributed by atoms with Crippen molar-refractivity contribution in [2.45, 2.75) is 38.1 Å². The zero-order chi connectivity index (χ0) is 15.4. The van der Waals surface area contributed by atoms with Crippen molar-refractivity contribution in [1.29, 1.82) is 5.26 Å². The van der Waals surface area contributed by atoms with Crippen molar-refractivity contribution in [1.82, 2.24) is 5.32 Å². The van der Waals surface area contributed by atoms with E-state index in [1.54, 1.807) is 18.4 Å². The lowest BCUT2D eigenvalue weighted by Crippen LogP contribution is -2.30. The van der Waals surface area contributed by atoms with Gasteiger partial charge in [-0.25, -0.2) is 0 Å². The standard InChI is InChI=1S/C18H18N2O2/c19-12-14-6-4-13(5-7-14)8-9-18(21)20-16-2-1-3-17-15(16)10-11-22-17/h4-7,10-11,16H,1-3,8-9H2,(H,20,21). The second-order valence-electron chi connectivity index (χ2n) is 5.62. The number of nitrogens with one attached hydrogen (secondary N) is 1. The first-order chi connectivity index (χ1) is 10.8. The predicted octanol–water partition coefficient (Wildman–Crippen LogP) is 3.28. The Balaban J connectivity index is 1.54. The summed E-state index contributed by atoms with van der Waals surface area (Å²) in [6.45, 7) is 0. The first kappa shape index (κ1) is 14.4. The summed E-state index contributed by atoms with van der Waals surface area (Å²) < 4.78 is 5.44. The molecule has 0 aliphatic heterocycles. The molecule has 0 spiro atoms. The van der Waals surface area contributed by atoms with Gasteiger partial charge in [-0.1, -0.05) is 12.1 Å². The van der Waals surface area contributed by atoms with Crippen LogP contribution in [0, 0.1) is 11.3 Å². The molecule has 1 N–H and O–H groups in total. The van der Waals surface area contributed by atoms with Gasteiger partial charge in [-0.3, -0.25) is 4.79 Å². The first-order valence-electron chi connectivity index (χ1n) is 7.61. The molecule has 0 saturated heterocycles. The van der Waals surface area contributed by atoms with Crippen LogP contribution in [0.3, 0.4) is 0 Å². The lowest BCUT2D eigenvalue weighted by atomic mass is 9.93. The second-order valence-corrected chi connectivity index (χ2v) is 5.62. The van der Waals surface area contributed by atoms with Gasteiger partial charge in [-0.2, -0.15) is 5.26 Å². The monoisotopic (exact) mass is 294 g/mol. The van der Waals surface area contributed by atoms with Gasteiger partial charge in [0.25, 0.3) is 0 Å². The summed E-state index contributed by atoms with van der Waals surface area (Å²) in [6, 6.07) is 11.5. The van der Waals surface area contributed by atoms with E-state index in [-0.39, 0.29) is 11.9 Å². The van der Waals surface area contributed by atoms with Crippen molar-refractivity contribution in [2.75, 3.05) is 0 Å². The highest BCUT2D eigenvalue weighted by atomic mass is 16.3. The normalized spacial score (nSPS) is 16.6. The topological polar surface area (TPSA) is 66.0 Å². The molecule has 4 heteroatoms. The molecule has 1 aromatic carbocycles. The average molecular weight is 294 g/mol. The van der Waals surface area contributed by atoms with Gasteiger partial charge in [0.1, 0.15) is 5.76 Å². The van der Waals surface area contributed by atoms with Crippen molar-refractivity contribution in [3.63, 3.8) is 0 Å². The Labute approximate surface area is 129 Å². The summed E-state index contributed by atoms with van der Waals surface area (Å²) in [5.41, 5.74) is 2.84. The third-order valence-corrected chi connectivity index (χ3v) is 4.11. The third-order valence-electron chi connectivity index (χ3n) is 4.11. The molecule has 3 rings (SSSR count). The fourth-order valence-electron chi connectivity index (χ4n) is 2.91. The minimum atomic E-state index is 0.0587. The minimum Gasteiger partial charge on any atom is -0.469 e. The van der Waals surface area contributed by atoms with Gasteiger partial charge in [0.2, 0.25) is 5.91 Å². The summed E-state index contributed by atoms with van der Waals surface area (Å²) in [4.78, 5) is 12.1. The molecule has 1 amide bonds. The van der Waals surface area contributed by atoms with Crippen LogP contribution in [0.2, 0.25) is 0 Å². The highest BCUT2D eigenvalue weighted by Crippen LogP contribution is 2.30. The van der Waals surface area contributed by atoms with Crippen LogP contribution in [0.25, 0.3) is 0 Å². The number of fused-ring (bicyclic) bond motifs is 1. The van der Waals surface area contributed by atoms with Crippen molar-refractivity contribution in [3.05, 3.63) is 59.0 Å². The number of amides is 1. The van der Waals surface area contributed by atoms with Gasteiger partial charge in [0.05, 0.1) is 23.9 Å². The van der Waals surface area contributed by atoms with Gasteiger partial charge in [-0.05, 0) is 43.0 Å². The maximum absolute atomic E-state index is 12.1. The van der Waals surface area contributed by atoms with Crippen LogP contribution in [-0.4, -0.2) is 5.91 Å². The van der Waals surface area contributed by atoms with Crippen LogP contribution >= 0.6 is 0 Å². The van der Waals surface area contributed by atoms with Crippen LogP contribution in [0.1, 0.15) is 47.8 Å². The molecule has 1 aliphatic carbocycles. The molecule has 0 radical (unpaired) electrons. The summed E-state index contributed by atoms with van der Waals surface area (Å²) in [6.07, 6.45) is 5.81. The molecule has 0 fully saturated rings. The van der Waals surface area contributed by atoms with Crippen LogP contribution in [-0.2, 0) is 17.6 Å². The largest absolute Gasteiger partial charge is 0.469 e. The molecule has 1 aromatic heterocycles. The number of rotatable bonds is 4. The summed E-state index contributed by atoms with van der Waals surface area (Å²) in [5, 5.41) is 11.9. The number of nitriles is 1. The number of carbonyl (C=O) groups excluding carboxylic acids is 1. The molecule has 1 aliphatic rings. The Hall–Kier alpha value is -2.54. The number of benzene rings is 1. The van der Waals surface area contributed by atoms with Crippen molar-refractivity contribution in [2.24, 2.45) is 0 Å². The SMILES string of the molecule is N#Cc1ccc(CCC(=O)NC2CCCc3occc32)cc1. The van der Waals surface area contributed by atoms with Crippen LogP contribution in [0.15, 0.2) is 41.0 Å². The Morgan fingerprint density at radius 2 is 2.14 bits per heavy atom. The van der Waals surface area contributed by atoms with Crippen molar-refractivity contribution in [3.8, 4) is 6.07 Å². The molecule has 112 valence electrons. The van der Waals surface area contributed by atoms with Gasteiger partial charge in [-0.15, -0.1) is 0 Å². The Morgan fingerprint density at radius 3 is 2.91 bits per heavy atom. The van der Waals surface area contributed by atoms with Crippen LogP contribution in [0.5, 0.6) is 0 Å². The maximum atomic E-state index is 12.1. The Kier molecular flexibility index (Phi) is 4.24. The van der Waals surface area contributed by atoms with Crippen LogP contribution < -0.4 is 5.32 Å². The molecular formula is C18H18N2O2. The summed E-state index contributed by atoms with van der Waals surface area (Å²) in [7, 11) is 0. The van der Waals surface area contributed by atoms with Gasteiger partial charge < -0.3 is 9.73 Å². The number of hydrogen-bond acceptors (Lipinski definition) is 3. The van der Waals surface area contributed by atoms with E-state index in [1.165, 1.54) is 0 Å². The third kappa shape index (κ3) is 3.20. The van der Waals surface area contributed by atoms with Crippen LogP contribution in [0.4, 0.5) is 0 Å². The summed E-state index contributed by atoms with van der Waals surface area (Å²) in [5.74, 6) is 1.06. The highest BCUT2D eigenvalue weighted by molar-refractivity contribution is 5.76. The van der Waals surface area contributed by atoms with Crippen molar-refractivity contribution >= 4 is 5.91 Å². The van der Waals surface area contributed by atoms with E-state index < -0.39 is 0 Å². The zero-order valence-corrected chi connectivity index (χ0v) is 12.3. The van der Waals surface area contributed by atoms with E-state index in [1.807, 2.05) is 18.2 Å². The Bertz CT molecular complexity index is 695. The smallest absolute Gasteiger partial charge is 0.220 e. The van der Waals surface area contributed by atoms with E-state index in [9.17, 15) is 4.79 Å². The van der Waals surface area contributed by atoms with E-state index in [2.05, 4.69) is 11.4 Å². The molecule has 1 heterocycles. The second kappa shape index (κ2) is 6.48. The van der Waals surface area contributed by atoms with E-state index in [0.29, 0.717) is 18.4 Å². The molecule has 4 nitrogen and oxygen atoms in total. The van der Waals surface area contributed by atoms with E-state index in [0.717, 1.165) is 36.1 Å². The number of carbonyl (C=O) groups is 1. The molecule has 2 aromatic rings. The molecule has 1 unspecified atom stereocenters. The summed E-state index contributed by atoms with van der Waals surface area (Å²) >= 11 is 0. The van der Waals surface area contributed by atoms with Crippen molar-refractivity contribution < 1.29 is 9.21 Å². The highest BCUT2D eigenvalue weighted by Gasteiger charge is 2.23. The lowest BCUT2D eigenvalue weighted by Gasteiger charge is -2.22. The molecule has 1 atom stereocenters. The molecule has 22 heavy (non-hydrogen) atoms. The maximum Gasteiger partial charge on any atom is 0.220 e. The predicted molar refractivity (Wildman–Crippen MR) is 82.0 cm³/mol. The van der Waals surface area contributed by atoms with Gasteiger partial charge in [0.15, 0.2) is 0 Å². The Morgan fingerprint density at radius 1 is 1.32 bits per heavy atom. The molecule has 0 saturated carbocycles. The van der Waals surface area contributed by atoms with Gasteiger partial charge in [0, 0.05) is 18.4 Å². The fourth-order valence-corrected chi connectivity index (χ4v) is 2.91.